The van der Waals surface area contributed by atoms with Gasteiger partial charge in [0.2, 0.25) is 0 Å². The molecule has 0 aliphatic heterocycles. The largest absolute Gasteiger partial charge is 0.462 e. The van der Waals surface area contributed by atoms with Crippen LogP contribution >= 0.6 is 0 Å². The molecule has 1 fully saturated rings. The van der Waals surface area contributed by atoms with Gasteiger partial charge >= 0.3 is 5.97 Å². The van der Waals surface area contributed by atoms with Crippen molar-refractivity contribution >= 4 is 11.7 Å². The van der Waals surface area contributed by atoms with Gasteiger partial charge in [-0.25, -0.2) is 4.79 Å². The minimum Gasteiger partial charge on any atom is -0.462 e. The number of carbonyl (C=O) groups is 1. The van der Waals surface area contributed by atoms with Gasteiger partial charge < -0.3 is 15.0 Å². The molecule has 1 saturated carbocycles. The fourth-order valence-electron chi connectivity index (χ4n) is 1.77. The van der Waals surface area contributed by atoms with Gasteiger partial charge in [-0.05, 0) is 26.2 Å². The summed E-state index contributed by atoms with van der Waals surface area (Å²) in [5, 5.41) is 0. The first kappa shape index (κ1) is 10.1. The van der Waals surface area contributed by atoms with Crippen LogP contribution in [0.25, 0.3) is 0 Å². The molecular formula is C11H16N2O2. The van der Waals surface area contributed by atoms with Crippen LogP contribution in [0.3, 0.4) is 0 Å². The lowest BCUT2D eigenvalue weighted by Crippen LogP contribution is -2.15. The first-order valence-electron chi connectivity index (χ1n) is 5.36. The molecule has 0 atom stereocenters. The van der Waals surface area contributed by atoms with Crippen molar-refractivity contribution < 1.29 is 9.53 Å². The van der Waals surface area contributed by atoms with Crippen molar-refractivity contribution in [2.24, 2.45) is 0 Å². The molecule has 4 nitrogen and oxygen atoms in total. The third-order valence-electron chi connectivity index (χ3n) is 2.87. The Labute approximate surface area is 89.0 Å². The van der Waals surface area contributed by atoms with Gasteiger partial charge in [0.05, 0.1) is 12.3 Å². The number of hydrogen-bond donors (Lipinski definition) is 1. The molecular weight excluding hydrogens is 192 g/mol. The first-order valence-corrected chi connectivity index (χ1v) is 5.36. The van der Waals surface area contributed by atoms with Crippen molar-refractivity contribution in [2.75, 3.05) is 12.3 Å². The highest BCUT2D eigenvalue weighted by molar-refractivity contribution is 5.94. The Balaban J connectivity index is 2.17. The lowest BCUT2D eigenvalue weighted by molar-refractivity contribution is 0.0527. The van der Waals surface area contributed by atoms with E-state index in [4.69, 9.17) is 10.5 Å². The van der Waals surface area contributed by atoms with Crippen LogP contribution in [0.1, 0.15) is 42.6 Å². The van der Waals surface area contributed by atoms with Crippen LogP contribution in [0.4, 0.5) is 5.69 Å². The smallest absolute Gasteiger partial charge is 0.341 e. The number of ether oxygens (including phenoxy) is 1. The molecule has 82 valence electrons. The summed E-state index contributed by atoms with van der Waals surface area (Å²) in [6.07, 6.45) is 7.25. The van der Waals surface area contributed by atoms with E-state index in [1.165, 1.54) is 19.3 Å². The third-order valence-corrected chi connectivity index (χ3v) is 2.87. The maximum Gasteiger partial charge on any atom is 0.341 e. The van der Waals surface area contributed by atoms with Crippen LogP contribution < -0.4 is 5.73 Å². The summed E-state index contributed by atoms with van der Waals surface area (Å²) in [4.78, 5) is 11.5. The van der Waals surface area contributed by atoms with Gasteiger partial charge in [-0.3, -0.25) is 0 Å². The SMILES string of the molecule is CCOC(=O)c1cn(C2CCC2)cc1N. The minimum atomic E-state index is -0.326. The van der Waals surface area contributed by atoms with Crippen LogP contribution in [0, 0.1) is 0 Å². The molecule has 0 saturated heterocycles. The van der Waals surface area contributed by atoms with E-state index < -0.39 is 0 Å². The second-order valence-corrected chi connectivity index (χ2v) is 3.88. The zero-order chi connectivity index (χ0) is 10.8. The topological polar surface area (TPSA) is 57.2 Å². The number of esters is 1. The summed E-state index contributed by atoms with van der Waals surface area (Å²) >= 11 is 0. The van der Waals surface area contributed by atoms with Gasteiger partial charge in [0, 0.05) is 18.4 Å². The molecule has 2 rings (SSSR count). The minimum absolute atomic E-state index is 0.326. The Morgan fingerprint density at radius 3 is 2.87 bits per heavy atom. The lowest BCUT2D eigenvalue weighted by Gasteiger charge is -2.26. The Morgan fingerprint density at radius 1 is 1.60 bits per heavy atom. The Bertz CT molecular complexity index is 367. The van der Waals surface area contributed by atoms with E-state index in [1.807, 2.05) is 10.8 Å². The monoisotopic (exact) mass is 208 g/mol. The molecule has 0 unspecified atom stereocenters. The summed E-state index contributed by atoms with van der Waals surface area (Å²) in [5.41, 5.74) is 6.77. The normalized spacial score (nSPS) is 16.1. The van der Waals surface area contributed by atoms with Crippen LogP contribution in [0.2, 0.25) is 0 Å². The quantitative estimate of drug-likeness (QED) is 0.772. The maximum atomic E-state index is 11.5. The molecule has 4 heteroatoms. The van der Waals surface area contributed by atoms with E-state index in [1.54, 1.807) is 13.1 Å². The Hall–Kier alpha value is -1.45. The molecule has 0 spiro atoms. The lowest BCUT2D eigenvalue weighted by atomic mass is 9.93. The Morgan fingerprint density at radius 2 is 2.33 bits per heavy atom. The number of anilines is 1. The van der Waals surface area contributed by atoms with E-state index >= 15 is 0 Å². The molecule has 2 N–H and O–H groups in total. The number of nitrogen functional groups attached to an aromatic ring is 1. The number of nitrogens with two attached hydrogens (primary N) is 1. The molecule has 0 bridgehead atoms. The molecule has 0 aromatic carbocycles. The van der Waals surface area contributed by atoms with E-state index in [0.717, 1.165) is 0 Å². The van der Waals surface area contributed by atoms with E-state index in [-0.39, 0.29) is 5.97 Å². The number of hydrogen-bond acceptors (Lipinski definition) is 3. The second kappa shape index (κ2) is 3.96. The number of nitrogens with zero attached hydrogens (tertiary/aromatic N) is 1. The third kappa shape index (κ3) is 1.84. The van der Waals surface area contributed by atoms with Crippen molar-refractivity contribution in [3.8, 4) is 0 Å². The molecule has 1 aromatic heterocycles. The van der Waals surface area contributed by atoms with Crippen LogP contribution in [0.15, 0.2) is 12.4 Å². The Kier molecular flexibility index (Phi) is 2.66. The molecule has 1 heterocycles. The highest BCUT2D eigenvalue weighted by atomic mass is 16.5. The van der Waals surface area contributed by atoms with Crippen LogP contribution in [-0.4, -0.2) is 17.1 Å². The fourth-order valence-corrected chi connectivity index (χ4v) is 1.77. The van der Waals surface area contributed by atoms with Gasteiger partial charge in [0.1, 0.15) is 5.56 Å². The average Bonchev–Trinajstić information content (AvgIpc) is 2.44. The first-order chi connectivity index (χ1) is 7.22. The highest BCUT2D eigenvalue weighted by Crippen LogP contribution is 2.33. The average molecular weight is 208 g/mol. The zero-order valence-electron chi connectivity index (χ0n) is 8.90. The van der Waals surface area contributed by atoms with Gasteiger partial charge in [0.25, 0.3) is 0 Å². The molecule has 0 radical (unpaired) electrons. The van der Waals surface area contributed by atoms with Crippen LogP contribution in [-0.2, 0) is 4.74 Å². The van der Waals surface area contributed by atoms with Crippen molar-refractivity contribution in [2.45, 2.75) is 32.2 Å². The summed E-state index contributed by atoms with van der Waals surface area (Å²) in [7, 11) is 0. The molecule has 1 aliphatic carbocycles. The maximum absolute atomic E-state index is 11.5. The predicted octanol–water partition coefficient (Wildman–Crippen LogP) is 1.97. The van der Waals surface area contributed by atoms with E-state index in [2.05, 4.69) is 0 Å². The predicted molar refractivity (Wildman–Crippen MR) is 57.7 cm³/mol. The van der Waals surface area contributed by atoms with Gasteiger partial charge in [-0.1, -0.05) is 0 Å². The van der Waals surface area contributed by atoms with Crippen molar-refractivity contribution in [1.82, 2.24) is 4.57 Å². The molecule has 15 heavy (non-hydrogen) atoms. The zero-order valence-corrected chi connectivity index (χ0v) is 8.90. The molecule has 1 aliphatic rings. The number of carbonyl (C=O) groups excluding carboxylic acids is 1. The molecule has 1 aromatic rings. The van der Waals surface area contributed by atoms with Crippen LogP contribution in [0.5, 0.6) is 0 Å². The summed E-state index contributed by atoms with van der Waals surface area (Å²) in [5.74, 6) is -0.326. The van der Waals surface area contributed by atoms with Crippen molar-refractivity contribution in [3.05, 3.63) is 18.0 Å². The van der Waals surface area contributed by atoms with Gasteiger partial charge in [-0.2, -0.15) is 0 Å². The highest BCUT2D eigenvalue weighted by Gasteiger charge is 2.22. The summed E-state index contributed by atoms with van der Waals surface area (Å²) < 4.78 is 6.95. The van der Waals surface area contributed by atoms with E-state index in [9.17, 15) is 4.79 Å². The summed E-state index contributed by atoms with van der Waals surface area (Å²) in [6, 6.07) is 0.524. The van der Waals surface area contributed by atoms with Gasteiger partial charge in [0.15, 0.2) is 0 Å². The van der Waals surface area contributed by atoms with Gasteiger partial charge in [-0.15, -0.1) is 0 Å². The van der Waals surface area contributed by atoms with Crippen molar-refractivity contribution in [1.29, 1.82) is 0 Å². The van der Waals surface area contributed by atoms with E-state index in [0.29, 0.717) is 23.9 Å². The second-order valence-electron chi connectivity index (χ2n) is 3.88. The number of rotatable bonds is 3. The standard InChI is InChI=1S/C11H16N2O2/c1-2-15-11(14)9-6-13(7-10(9)12)8-4-3-5-8/h6-8H,2-5,12H2,1H3. The van der Waals surface area contributed by atoms with Crippen molar-refractivity contribution in [3.63, 3.8) is 0 Å². The number of aromatic nitrogens is 1. The fraction of sp³-hybridized carbons (Fsp3) is 0.545. The molecule has 0 amide bonds. The summed E-state index contributed by atoms with van der Waals surface area (Å²) in [6.45, 7) is 2.17.